The molecule has 3 aromatic carbocycles. The molecule has 2 amide bonds. The van der Waals surface area contributed by atoms with Gasteiger partial charge in [-0.05, 0) is 60.4 Å². The van der Waals surface area contributed by atoms with Crippen molar-refractivity contribution in [2.45, 2.75) is 19.8 Å². The first-order chi connectivity index (χ1) is 14.0. The second kappa shape index (κ2) is 8.03. The number of fused-ring (bicyclic) bond motifs is 1. The van der Waals surface area contributed by atoms with Gasteiger partial charge in [-0.25, -0.2) is 4.39 Å². The van der Waals surface area contributed by atoms with E-state index in [1.165, 1.54) is 12.1 Å². The molecule has 1 fully saturated rings. The SMILES string of the molecule is Cc1cc(F)ccc1NC(=O)C1CCN(C(=O)c2cccc3ccccc23)CC1. The molecule has 0 atom stereocenters. The second-order valence-electron chi connectivity index (χ2n) is 7.54. The number of carbonyl (C=O) groups excluding carboxylic acids is 2. The van der Waals surface area contributed by atoms with Crippen molar-refractivity contribution < 1.29 is 14.0 Å². The van der Waals surface area contributed by atoms with Gasteiger partial charge in [0.25, 0.3) is 5.91 Å². The van der Waals surface area contributed by atoms with Crippen molar-refractivity contribution in [2.24, 2.45) is 5.92 Å². The van der Waals surface area contributed by atoms with E-state index >= 15 is 0 Å². The zero-order valence-electron chi connectivity index (χ0n) is 16.3. The predicted octanol–water partition coefficient (Wildman–Crippen LogP) is 4.78. The minimum atomic E-state index is -0.319. The minimum Gasteiger partial charge on any atom is -0.339 e. The van der Waals surface area contributed by atoms with E-state index in [0.29, 0.717) is 42.7 Å². The highest BCUT2D eigenvalue weighted by Crippen LogP contribution is 2.25. The highest BCUT2D eigenvalue weighted by Gasteiger charge is 2.28. The average molecular weight is 390 g/mol. The maximum atomic E-state index is 13.2. The van der Waals surface area contributed by atoms with Crippen molar-refractivity contribution in [1.29, 1.82) is 0 Å². The van der Waals surface area contributed by atoms with E-state index in [4.69, 9.17) is 0 Å². The number of halogens is 1. The first kappa shape index (κ1) is 19.1. The molecule has 148 valence electrons. The number of nitrogens with one attached hydrogen (secondary N) is 1. The molecule has 1 aliphatic rings. The summed E-state index contributed by atoms with van der Waals surface area (Å²) in [5.41, 5.74) is 2.03. The summed E-state index contributed by atoms with van der Waals surface area (Å²) in [7, 11) is 0. The number of carbonyl (C=O) groups is 2. The third kappa shape index (κ3) is 3.99. The number of rotatable bonds is 3. The summed E-state index contributed by atoms with van der Waals surface area (Å²) in [4.78, 5) is 27.5. The lowest BCUT2D eigenvalue weighted by Gasteiger charge is -2.31. The van der Waals surface area contributed by atoms with Gasteiger partial charge >= 0.3 is 0 Å². The Labute approximate surface area is 169 Å². The molecule has 0 aliphatic carbocycles. The number of amides is 2. The van der Waals surface area contributed by atoms with Crippen molar-refractivity contribution >= 4 is 28.3 Å². The summed E-state index contributed by atoms with van der Waals surface area (Å²) in [6.45, 7) is 2.86. The van der Waals surface area contributed by atoms with Crippen LogP contribution in [-0.2, 0) is 4.79 Å². The van der Waals surface area contributed by atoms with E-state index < -0.39 is 0 Å². The molecule has 29 heavy (non-hydrogen) atoms. The molecular formula is C24H23FN2O2. The molecule has 1 N–H and O–H groups in total. The third-order valence-corrected chi connectivity index (χ3v) is 5.62. The van der Waals surface area contributed by atoms with Gasteiger partial charge < -0.3 is 10.2 Å². The Bertz CT molecular complexity index is 1070. The Morgan fingerprint density at radius 2 is 1.72 bits per heavy atom. The maximum Gasteiger partial charge on any atom is 0.254 e. The standard InChI is InChI=1S/C24H23FN2O2/c1-16-15-19(25)9-10-22(16)26-23(28)18-11-13-27(14-12-18)24(29)21-8-4-6-17-5-2-3-7-20(17)21/h2-10,15,18H,11-14H2,1H3,(H,26,28). The topological polar surface area (TPSA) is 49.4 Å². The fraction of sp³-hybridized carbons (Fsp3) is 0.250. The zero-order chi connectivity index (χ0) is 20.4. The van der Waals surface area contributed by atoms with Gasteiger partial charge in [0.1, 0.15) is 5.82 Å². The van der Waals surface area contributed by atoms with Gasteiger partial charge in [-0.3, -0.25) is 9.59 Å². The van der Waals surface area contributed by atoms with Crippen LogP contribution in [0.1, 0.15) is 28.8 Å². The predicted molar refractivity (Wildman–Crippen MR) is 112 cm³/mol. The molecule has 1 aliphatic heterocycles. The summed E-state index contributed by atoms with van der Waals surface area (Å²) in [6.07, 6.45) is 1.23. The van der Waals surface area contributed by atoms with Crippen molar-refractivity contribution in [3.05, 3.63) is 77.6 Å². The molecule has 0 spiro atoms. The molecule has 0 aromatic heterocycles. The number of hydrogen-bond acceptors (Lipinski definition) is 2. The summed E-state index contributed by atoms with van der Waals surface area (Å²) in [5, 5.41) is 4.89. The van der Waals surface area contributed by atoms with Crippen LogP contribution in [0, 0.1) is 18.7 Å². The lowest BCUT2D eigenvalue weighted by atomic mass is 9.94. The summed E-state index contributed by atoms with van der Waals surface area (Å²) < 4.78 is 13.2. The van der Waals surface area contributed by atoms with Crippen LogP contribution in [0.3, 0.4) is 0 Å². The number of piperidine rings is 1. The molecule has 0 unspecified atom stereocenters. The van der Waals surface area contributed by atoms with E-state index in [0.717, 1.165) is 10.8 Å². The number of hydrogen-bond donors (Lipinski definition) is 1. The zero-order valence-corrected chi connectivity index (χ0v) is 16.3. The molecule has 5 heteroatoms. The lowest BCUT2D eigenvalue weighted by Crippen LogP contribution is -2.41. The molecule has 3 aromatic rings. The normalized spacial score (nSPS) is 14.8. The van der Waals surface area contributed by atoms with Crippen LogP contribution in [-0.4, -0.2) is 29.8 Å². The summed E-state index contributed by atoms with van der Waals surface area (Å²) in [6, 6.07) is 18.0. The molecule has 1 heterocycles. The molecular weight excluding hydrogens is 367 g/mol. The summed E-state index contributed by atoms with van der Waals surface area (Å²) in [5.74, 6) is -0.538. The molecule has 0 bridgehead atoms. The average Bonchev–Trinajstić information content (AvgIpc) is 2.75. The Morgan fingerprint density at radius 1 is 1.00 bits per heavy atom. The third-order valence-electron chi connectivity index (χ3n) is 5.62. The Balaban J connectivity index is 1.41. The Morgan fingerprint density at radius 3 is 2.48 bits per heavy atom. The quantitative estimate of drug-likeness (QED) is 0.700. The Kier molecular flexibility index (Phi) is 5.30. The smallest absolute Gasteiger partial charge is 0.254 e. The van der Waals surface area contributed by atoms with E-state index in [1.807, 2.05) is 47.4 Å². The van der Waals surface area contributed by atoms with Gasteiger partial charge in [0.2, 0.25) is 5.91 Å². The number of likely N-dealkylation sites (tertiary alicyclic amines) is 1. The van der Waals surface area contributed by atoms with Gasteiger partial charge in [-0.2, -0.15) is 0 Å². The van der Waals surface area contributed by atoms with Gasteiger partial charge in [0, 0.05) is 30.3 Å². The highest BCUT2D eigenvalue weighted by molar-refractivity contribution is 6.07. The van der Waals surface area contributed by atoms with Crippen LogP contribution in [0.15, 0.2) is 60.7 Å². The Hall–Kier alpha value is -3.21. The van der Waals surface area contributed by atoms with E-state index in [9.17, 15) is 14.0 Å². The second-order valence-corrected chi connectivity index (χ2v) is 7.54. The summed E-state index contributed by atoms with van der Waals surface area (Å²) >= 11 is 0. The minimum absolute atomic E-state index is 0.00929. The molecule has 0 radical (unpaired) electrons. The molecule has 1 saturated heterocycles. The van der Waals surface area contributed by atoms with Crippen LogP contribution >= 0.6 is 0 Å². The molecule has 4 nitrogen and oxygen atoms in total. The van der Waals surface area contributed by atoms with Crippen LogP contribution in [0.4, 0.5) is 10.1 Å². The maximum absolute atomic E-state index is 13.2. The molecule has 0 saturated carbocycles. The fourth-order valence-electron chi connectivity index (χ4n) is 3.93. The lowest BCUT2D eigenvalue weighted by molar-refractivity contribution is -0.121. The van der Waals surface area contributed by atoms with Gasteiger partial charge in [-0.1, -0.05) is 36.4 Å². The highest BCUT2D eigenvalue weighted by atomic mass is 19.1. The first-order valence-corrected chi connectivity index (χ1v) is 9.87. The van der Waals surface area contributed by atoms with Crippen molar-refractivity contribution in [3.63, 3.8) is 0 Å². The number of aryl methyl sites for hydroxylation is 1. The van der Waals surface area contributed by atoms with Gasteiger partial charge in [-0.15, -0.1) is 0 Å². The van der Waals surface area contributed by atoms with Crippen LogP contribution in [0.2, 0.25) is 0 Å². The van der Waals surface area contributed by atoms with E-state index in [2.05, 4.69) is 5.32 Å². The number of nitrogens with zero attached hydrogens (tertiary/aromatic N) is 1. The monoisotopic (exact) mass is 390 g/mol. The number of anilines is 1. The fourth-order valence-corrected chi connectivity index (χ4v) is 3.93. The van der Waals surface area contributed by atoms with Gasteiger partial charge in [0.05, 0.1) is 0 Å². The van der Waals surface area contributed by atoms with Crippen molar-refractivity contribution in [1.82, 2.24) is 4.90 Å². The number of benzene rings is 3. The van der Waals surface area contributed by atoms with E-state index in [-0.39, 0.29) is 23.5 Å². The van der Waals surface area contributed by atoms with E-state index in [1.54, 1.807) is 13.0 Å². The van der Waals surface area contributed by atoms with Crippen LogP contribution < -0.4 is 5.32 Å². The first-order valence-electron chi connectivity index (χ1n) is 9.87. The molecule has 4 rings (SSSR count). The van der Waals surface area contributed by atoms with Crippen molar-refractivity contribution in [3.8, 4) is 0 Å². The van der Waals surface area contributed by atoms with Crippen molar-refractivity contribution in [2.75, 3.05) is 18.4 Å². The van der Waals surface area contributed by atoms with Crippen LogP contribution in [0.25, 0.3) is 10.8 Å². The van der Waals surface area contributed by atoms with Crippen LogP contribution in [0.5, 0.6) is 0 Å². The van der Waals surface area contributed by atoms with Gasteiger partial charge in [0.15, 0.2) is 0 Å². The largest absolute Gasteiger partial charge is 0.339 e.